The monoisotopic (exact) mass is 240 g/mol. The molecule has 5 heteroatoms. The average Bonchev–Trinajstić information content (AvgIpc) is 2.83. The predicted molar refractivity (Wildman–Crippen MR) is 62.6 cm³/mol. The minimum Gasteiger partial charge on any atom is -0.480 e. The van der Waals surface area contributed by atoms with Crippen LogP contribution in [0.25, 0.3) is 0 Å². The molecule has 1 aliphatic heterocycles. The molecule has 0 spiro atoms. The lowest BCUT2D eigenvalue weighted by Crippen LogP contribution is -2.58. The van der Waals surface area contributed by atoms with Crippen LogP contribution in [0.2, 0.25) is 0 Å². The summed E-state index contributed by atoms with van der Waals surface area (Å²) in [4.78, 5) is 23.4. The molecule has 1 saturated carbocycles. The largest absolute Gasteiger partial charge is 0.480 e. The van der Waals surface area contributed by atoms with Crippen molar-refractivity contribution in [3.05, 3.63) is 0 Å². The maximum absolute atomic E-state index is 12.0. The fourth-order valence-electron chi connectivity index (χ4n) is 2.78. The molecule has 1 atom stereocenters. The molecule has 2 rings (SSSR count). The molecule has 1 saturated heterocycles. The molecule has 0 unspecified atom stereocenters. The van der Waals surface area contributed by atoms with Gasteiger partial charge in [0.25, 0.3) is 0 Å². The third-order valence-corrected chi connectivity index (χ3v) is 3.86. The summed E-state index contributed by atoms with van der Waals surface area (Å²) >= 11 is 0. The Labute approximate surface area is 101 Å². The molecule has 17 heavy (non-hydrogen) atoms. The number of carboxylic acid groups (broad SMARTS) is 1. The van der Waals surface area contributed by atoms with Crippen LogP contribution < -0.4 is 10.6 Å². The number of nitrogens with one attached hydrogen (secondary N) is 2. The standard InChI is InChI=1S/C12H20N2O3/c15-10(9-5-4-8-13-9)14-12(11(16)17)6-2-1-3-7-12/h9,13H,1-8H2,(H,14,15)(H,16,17)/t9-/m0/s1. The first kappa shape index (κ1) is 12.4. The zero-order valence-electron chi connectivity index (χ0n) is 10.00. The topological polar surface area (TPSA) is 78.4 Å². The van der Waals surface area contributed by atoms with Crippen molar-refractivity contribution < 1.29 is 14.7 Å². The highest BCUT2D eigenvalue weighted by Crippen LogP contribution is 2.28. The van der Waals surface area contributed by atoms with E-state index >= 15 is 0 Å². The van der Waals surface area contributed by atoms with E-state index in [4.69, 9.17) is 0 Å². The molecule has 0 aromatic carbocycles. The number of carboxylic acids is 1. The molecule has 96 valence electrons. The van der Waals surface area contributed by atoms with Gasteiger partial charge in [0.2, 0.25) is 5.91 Å². The second kappa shape index (κ2) is 5.04. The molecule has 1 amide bonds. The van der Waals surface area contributed by atoms with Gasteiger partial charge in [0, 0.05) is 0 Å². The summed E-state index contributed by atoms with van der Waals surface area (Å²) in [5.74, 6) is -1.03. The third kappa shape index (κ3) is 2.60. The zero-order valence-corrected chi connectivity index (χ0v) is 10.00. The van der Waals surface area contributed by atoms with Crippen molar-refractivity contribution in [2.24, 2.45) is 0 Å². The molecule has 0 aromatic heterocycles. The van der Waals surface area contributed by atoms with Crippen molar-refractivity contribution in [2.45, 2.75) is 56.5 Å². The van der Waals surface area contributed by atoms with Crippen molar-refractivity contribution in [3.63, 3.8) is 0 Å². The van der Waals surface area contributed by atoms with Gasteiger partial charge in [-0.3, -0.25) is 4.79 Å². The zero-order chi connectivity index (χ0) is 12.3. The van der Waals surface area contributed by atoms with Gasteiger partial charge in [-0.25, -0.2) is 4.79 Å². The number of carbonyl (C=O) groups is 2. The molecule has 0 aromatic rings. The van der Waals surface area contributed by atoms with Crippen LogP contribution in [-0.2, 0) is 9.59 Å². The smallest absolute Gasteiger partial charge is 0.329 e. The van der Waals surface area contributed by atoms with Crippen LogP contribution in [0, 0.1) is 0 Å². The molecule has 3 N–H and O–H groups in total. The van der Waals surface area contributed by atoms with Gasteiger partial charge < -0.3 is 15.7 Å². The van der Waals surface area contributed by atoms with Crippen molar-refractivity contribution in [3.8, 4) is 0 Å². The molecular weight excluding hydrogens is 220 g/mol. The van der Waals surface area contributed by atoms with E-state index in [0.717, 1.165) is 38.6 Å². The Bertz CT molecular complexity index is 305. The number of hydrogen-bond acceptors (Lipinski definition) is 3. The fourth-order valence-corrected chi connectivity index (χ4v) is 2.78. The van der Waals surface area contributed by atoms with Crippen LogP contribution in [0.5, 0.6) is 0 Å². The van der Waals surface area contributed by atoms with Gasteiger partial charge in [0.15, 0.2) is 0 Å². The maximum Gasteiger partial charge on any atom is 0.329 e. The SMILES string of the molecule is O=C(NC1(C(=O)O)CCCCC1)[C@@H]1CCCN1. The Hall–Kier alpha value is -1.10. The van der Waals surface area contributed by atoms with Crippen LogP contribution in [0.15, 0.2) is 0 Å². The summed E-state index contributed by atoms with van der Waals surface area (Å²) in [5, 5.41) is 15.2. The summed E-state index contributed by atoms with van der Waals surface area (Å²) in [6.07, 6.45) is 5.73. The van der Waals surface area contributed by atoms with E-state index in [-0.39, 0.29) is 11.9 Å². The van der Waals surface area contributed by atoms with Crippen LogP contribution >= 0.6 is 0 Å². The van der Waals surface area contributed by atoms with Crippen LogP contribution in [0.3, 0.4) is 0 Å². The van der Waals surface area contributed by atoms with E-state index in [0.29, 0.717) is 12.8 Å². The fraction of sp³-hybridized carbons (Fsp3) is 0.833. The number of carbonyl (C=O) groups excluding carboxylic acids is 1. The van der Waals surface area contributed by atoms with E-state index in [9.17, 15) is 14.7 Å². The van der Waals surface area contributed by atoms with Crippen molar-refractivity contribution in [2.75, 3.05) is 6.54 Å². The number of aliphatic carboxylic acids is 1. The first-order valence-corrected chi connectivity index (χ1v) is 6.43. The molecule has 5 nitrogen and oxygen atoms in total. The minimum absolute atomic E-state index is 0.146. The number of rotatable bonds is 3. The Kier molecular flexibility index (Phi) is 3.66. The van der Waals surface area contributed by atoms with Crippen molar-refractivity contribution >= 4 is 11.9 Å². The van der Waals surface area contributed by atoms with Crippen LogP contribution in [0.1, 0.15) is 44.9 Å². The Balaban J connectivity index is 2.01. The summed E-state index contributed by atoms with van der Waals surface area (Å²) < 4.78 is 0. The van der Waals surface area contributed by atoms with Gasteiger partial charge in [-0.15, -0.1) is 0 Å². The summed E-state index contributed by atoms with van der Waals surface area (Å²) in [5.41, 5.74) is -1.01. The second-order valence-electron chi connectivity index (χ2n) is 5.09. The highest BCUT2D eigenvalue weighted by Gasteiger charge is 2.42. The van der Waals surface area contributed by atoms with E-state index in [1.807, 2.05) is 0 Å². The van der Waals surface area contributed by atoms with E-state index in [1.54, 1.807) is 0 Å². The Morgan fingerprint density at radius 1 is 1.18 bits per heavy atom. The van der Waals surface area contributed by atoms with Crippen LogP contribution in [0.4, 0.5) is 0 Å². The first-order valence-electron chi connectivity index (χ1n) is 6.43. The normalized spacial score (nSPS) is 27.6. The van der Waals surface area contributed by atoms with Gasteiger partial charge >= 0.3 is 5.97 Å². The number of hydrogen-bond donors (Lipinski definition) is 3. The van der Waals surface area contributed by atoms with E-state index in [2.05, 4.69) is 10.6 Å². The second-order valence-corrected chi connectivity index (χ2v) is 5.09. The molecule has 0 bridgehead atoms. The molecule has 2 aliphatic rings. The summed E-state index contributed by atoms with van der Waals surface area (Å²) in [7, 11) is 0. The average molecular weight is 240 g/mol. The third-order valence-electron chi connectivity index (χ3n) is 3.86. The minimum atomic E-state index is -1.01. The van der Waals surface area contributed by atoms with Gasteiger partial charge in [-0.1, -0.05) is 19.3 Å². The highest BCUT2D eigenvalue weighted by atomic mass is 16.4. The lowest BCUT2D eigenvalue weighted by Gasteiger charge is -2.34. The van der Waals surface area contributed by atoms with Gasteiger partial charge in [-0.05, 0) is 32.2 Å². The van der Waals surface area contributed by atoms with E-state index in [1.165, 1.54) is 0 Å². The summed E-state index contributed by atoms with van der Waals surface area (Å²) in [6, 6.07) is -0.201. The lowest BCUT2D eigenvalue weighted by atomic mass is 9.81. The summed E-state index contributed by atoms with van der Waals surface area (Å²) in [6.45, 7) is 0.845. The molecule has 1 heterocycles. The first-order chi connectivity index (χ1) is 8.14. The quantitative estimate of drug-likeness (QED) is 0.676. The number of amides is 1. The van der Waals surface area contributed by atoms with Gasteiger partial charge in [0.05, 0.1) is 6.04 Å². The predicted octanol–water partition coefficient (Wildman–Crippen LogP) is 0.642. The van der Waals surface area contributed by atoms with Crippen molar-refractivity contribution in [1.82, 2.24) is 10.6 Å². The maximum atomic E-state index is 12.0. The Morgan fingerprint density at radius 3 is 2.41 bits per heavy atom. The van der Waals surface area contributed by atoms with Crippen LogP contribution in [-0.4, -0.2) is 35.1 Å². The Morgan fingerprint density at radius 2 is 1.88 bits per heavy atom. The molecule has 2 fully saturated rings. The molecule has 0 radical (unpaired) electrons. The van der Waals surface area contributed by atoms with E-state index < -0.39 is 11.5 Å². The van der Waals surface area contributed by atoms with Crippen molar-refractivity contribution in [1.29, 1.82) is 0 Å². The van der Waals surface area contributed by atoms with Gasteiger partial charge in [0.1, 0.15) is 5.54 Å². The van der Waals surface area contributed by atoms with Gasteiger partial charge in [-0.2, -0.15) is 0 Å². The molecular formula is C12H20N2O3. The lowest BCUT2D eigenvalue weighted by molar-refractivity contribution is -0.149. The molecule has 1 aliphatic carbocycles. The highest BCUT2D eigenvalue weighted by molar-refractivity contribution is 5.89.